The predicted octanol–water partition coefficient (Wildman–Crippen LogP) is 1.98. The van der Waals surface area contributed by atoms with Crippen LogP contribution in [0.15, 0.2) is 6.20 Å². The highest BCUT2D eigenvalue weighted by Crippen LogP contribution is 2.25. The first-order valence-corrected chi connectivity index (χ1v) is 9.02. The van der Waals surface area contributed by atoms with Gasteiger partial charge in [-0.15, -0.1) is 0 Å². The summed E-state index contributed by atoms with van der Waals surface area (Å²) < 4.78 is 26.3. The number of rotatable bonds is 2. The zero-order valence-electron chi connectivity index (χ0n) is 11.5. The summed E-state index contributed by atoms with van der Waals surface area (Å²) in [6.07, 6.45) is 7.58. The Morgan fingerprint density at radius 1 is 1.37 bits per heavy atom. The molecular formula is C14H22N2O2S. The highest BCUT2D eigenvalue weighted by atomic mass is 32.2. The van der Waals surface area contributed by atoms with Crippen LogP contribution < -0.4 is 0 Å². The van der Waals surface area contributed by atoms with Crippen molar-refractivity contribution in [1.82, 2.24) is 9.55 Å². The van der Waals surface area contributed by atoms with E-state index in [2.05, 4.69) is 22.7 Å². The van der Waals surface area contributed by atoms with E-state index < -0.39 is 9.84 Å². The molecule has 19 heavy (non-hydrogen) atoms. The summed E-state index contributed by atoms with van der Waals surface area (Å²) in [5, 5.41) is -0.198. The van der Waals surface area contributed by atoms with Crippen LogP contribution in [0.3, 0.4) is 0 Å². The molecule has 1 aromatic heterocycles. The quantitative estimate of drug-likeness (QED) is 0.833. The average Bonchev–Trinajstić information content (AvgIpc) is 2.73. The fourth-order valence-electron chi connectivity index (χ4n) is 3.26. The van der Waals surface area contributed by atoms with Crippen LogP contribution in [0.25, 0.3) is 0 Å². The number of hydrogen-bond acceptors (Lipinski definition) is 3. The van der Waals surface area contributed by atoms with Gasteiger partial charge in [-0.25, -0.2) is 13.4 Å². The Kier molecular flexibility index (Phi) is 3.41. The van der Waals surface area contributed by atoms with Gasteiger partial charge in [-0.05, 0) is 25.2 Å². The highest BCUT2D eigenvalue weighted by molar-refractivity contribution is 7.92. The van der Waals surface area contributed by atoms with Gasteiger partial charge in [0.25, 0.3) is 0 Å². The van der Waals surface area contributed by atoms with Gasteiger partial charge in [0.2, 0.25) is 0 Å². The van der Waals surface area contributed by atoms with Gasteiger partial charge >= 0.3 is 0 Å². The van der Waals surface area contributed by atoms with Gasteiger partial charge in [0.05, 0.1) is 16.7 Å². The Morgan fingerprint density at radius 3 is 3.00 bits per heavy atom. The maximum Gasteiger partial charge on any atom is 0.153 e. The number of hydrogen-bond donors (Lipinski definition) is 0. The van der Waals surface area contributed by atoms with Gasteiger partial charge in [-0.2, -0.15) is 0 Å². The second-order valence-electron chi connectivity index (χ2n) is 6.13. The van der Waals surface area contributed by atoms with E-state index >= 15 is 0 Å². The maximum absolute atomic E-state index is 12.0. The normalized spacial score (nSPS) is 29.9. The van der Waals surface area contributed by atoms with Gasteiger partial charge in [-0.3, -0.25) is 0 Å². The molecule has 4 nitrogen and oxygen atoms in total. The number of aryl methyl sites for hydroxylation is 1. The molecule has 0 N–H and O–H groups in total. The third-order valence-corrected chi connectivity index (χ3v) is 6.70. The lowest BCUT2D eigenvalue weighted by atomic mass is 10.0. The van der Waals surface area contributed by atoms with Gasteiger partial charge in [0, 0.05) is 25.6 Å². The first-order valence-electron chi connectivity index (χ1n) is 7.31. The molecule has 0 bridgehead atoms. The van der Waals surface area contributed by atoms with Crippen molar-refractivity contribution < 1.29 is 8.42 Å². The summed E-state index contributed by atoms with van der Waals surface area (Å²) in [6.45, 7) is 3.29. The molecule has 0 saturated carbocycles. The van der Waals surface area contributed by atoms with Crippen molar-refractivity contribution in [3.05, 3.63) is 17.7 Å². The van der Waals surface area contributed by atoms with Crippen LogP contribution in [-0.2, 0) is 29.2 Å². The summed E-state index contributed by atoms with van der Waals surface area (Å²) in [5.41, 5.74) is 0.972. The van der Waals surface area contributed by atoms with Crippen molar-refractivity contribution in [1.29, 1.82) is 0 Å². The first kappa shape index (κ1) is 13.2. The molecule has 1 fully saturated rings. The molecule has 0 aliphatic carbocycles. The molecular weight excluding hydrogens is 260 g/mol. The fraction of sp³-hybridized carbons (Fsp3) is 0.786. The van der Waals surface area contributed by atoms with Crippen molar-refractivity contribution in [2.75, 3.05) is 5.75 Å². The van der Waals surface area contributed by atoms with Crippen molar-refractivity contribution in [3.8, 4) is 0 Å². The van der Waals surface area contributed by atoms with Crippen molar-refractivity contribution in [2.45, 2.75) is 57.2 Å². The highest BCUT2D eigenvalue weighted by Gasteiger charge is 2.30. The maximum atomic E-state index is 12.0. The summed E-state index contributed by atoms with van der Waals surface area (Å²) in [5.74, 6) is 2.21. The molecule has 106 valence electrons. The molecule has 0 radical (unpaired) electrons. The number of imidazole rings is 1. The molecule has 0 aromatic carbocycles. The van der Waals surface area contributed by atoms with E-state index in [1.807, 2.05) is 0 Å². The monoisotopic (exact) mass is 282 g/mol. The van der Waals surface area contributed by atoms with Crippen LogP contribution in [0, 0.1) is 5.92 Å². The molecule has 2 atom stereocenters. The van der Waals surface area contributed by atoms with Crippen LogP contribution in [0.1, 0.15) is 44.1 Å². The third-order valence-electron chi connectivity index (χ3n) is 4.43. The first-order chi connectivity index (χ1) is 9.04. The molecule has 3 heterocycles. The zero-order valence-corrected chi connectivity index (χ0v) is 12.3. The van der Waals surface area contributed by atoms with Crippen molar-refractivity contribution in [2.24, 2.45) is 5.92 Å². The zero-order chi connectivity index (χ0) is 13.5. The second kappa shape index (κ2) is 4.93. The predicted molar refractivity (Wildman–Crippen MR) is 74.8 cm³/mol. The second-order valence-corrected chi connectivity index (χ2v) is 8.53. The van der Waals surface area contributed by atoms with Crippen LogP contribution in [-0.4, -0.2) is 29.0 Å². The minimum atomic E-state index is -2.88. The van der Waals surface area contributed by atoms with Crippen LogP contribution in [0.2, 0.25) is 0 Å². The SMILES string of the molecule is CC1CCc2nc(CC3CCCCS3(=O)=O)cn2C1. The largest absolute Gasteiger partial charge is 0.334 e. The number of sulfone groups is 1. The lowest BCUT2D eigenvalue weighted by Crippen LogP contribution is -2.30. The van der Waals surface area contributed by atoms with E-state index in [1.165, 1.54) is 6.42 Å². The summed E-state index contributed by atoms with van der Waals surface area (Å²) in [4.78, 5) is 4.64. The molecule has 5 heteroatoms. The van der Waals surface area contributed by atoms with E-state index in [1.54, 1.807) is 0 Å². The summed E-state index contributed by atoms with van der Waals surface area (Å²) in [7, 11) is -2.88. The number of nitrogens with zero attached hydrogens (tertiary/aromatic N) is 2. The fourth-order valence-corrected chi connectivity index (χ4v) is 5.15. The Hall–Kier alpha value is -0.840. The average molecular weight is 282 g/mol. The standard InChI is InChI=1S/C14H22N2O2S/c1-11-5-6-14-15-12(10-16(14)9-11)8-13-4-2-3-7-19(13,17)18/h10-11,13H,2-9H2,1H3. The van der Waals surface area contributed by atoms with Gasteiger partial charge < -0.3 is 4.57 Å². The van der Waals surface area contributed by atoms with E-state index in [4.69, 9.17) is 0 Å². The van der Waals surface area contributed by atoms with Crippen LogP contribution in [0.4, 0.5) is 0 Å². The molecule has 2 unspecified atom stereocenters. The Bertz CT molecular complexity index is 562. The molecule has 2 aliphatic heterocycles. The third kappa shape index (κ3) is 2.71. The van der Waals surface area contributed by atoms with E-state index in [0.717, 1.165) is 43.7 Å². The van der Waals surface area contributed by atoms with Crippen molar-refractivity contribution in [3.63, 3.8) is 0 Å². The number of fused-ring (bicyclic) bond motifs is 1. The molecule has 1 aromatic rings. The van der Waals surface area contributed by atoms with Crippen molar-refractivity contribution >= 4 is 9.84 Å². The smallest absolute Gasteiger partial charge is 0.153 e. The van der Waals surface area contributed by atoms with Gasteiger partial charge in [0.15, 0.2) is 9.84 Å². The molecule has 0 spiro atoms. The van der Waals surface area contributed by atoms with E-state index in [-0.39, 0.29) is 5.25 Å². The van der Waals surface area contributed by atoms with Gasteiger partial charge in [0.1, 0.15) is 5.82 Å². The van der Waals surface area contributed by atoms with Crippen LogP contribution >= 0.6 is 0 Å². The summed E-state index contributed by atoms with van der Waals surface area (Å²) in [6, 6.07) is 0. The summed E-state index contributed by atoms with van der Waals surface area (Å²) >= 11 is 0. The Balaban J connectivity index is 1.77. The molecule has 1 saturated heterocycles. The van der Waals surface area contributed by atoms with E-state index in [9.17, 15) is 8.42 Å². The lowest BCUT2D eigenvalue weighted by Gasteiger charge is -2.21. The minimum Gasteiger partial charge on any atom is -0.334 e. The molecule has 0 amide bonds. The van der Waals surface area contributed by atoms with Gasteiger partial charge in [-0.1, -0.05) is 13.3 Å². The lowest BCUT2D eigenvalue weighted by molar-refractivity contribution is 0.394. The number of aromatic nitrogens is 2. The van der Waals surface area contributed by atoms with Crippen LogP contribution in [0.5, 0.6) is 0 Å². The topological polar surface area (TPSA) is 52.0 Å². The Morgan fingerprint density at radius 2 is 2.21 bits per heavy atom. The van der Waals surface area contributed by atoms with E-state index in [0.29, 0.717) is 18.1 Å². The molecule has 2 aliphatic rings. The minimum absolute atomic E-state index is 0.198. The molecule has 3 rings (SSSR count). The Labute approximate surface area is 115 Å².